The number of carbonyl (C=O) groups excluding carboxylic acids is 1. The molecule has 1 saturated carbocycles. The Labute approximate surface area is 85.6 Å². The molecule has 4 atom stereocenters. The van der Waals surface area contributed by atoms with E-state index >= 15 is 0 Å². The average Bonchev–Trinajstić information content (AvgIpc) is 2.87. The van der Waals surface area contributed by atoms with E-state index in [4.69, 9.17) is 5.73 Å². The van der Waals surface area contributed by atoms with Crippen molar-refractivity contribution in [2.24, 2.45) is 23.5 Å². The van der Waals surface area contributed by atoms with Crippen molar-refractivity contribution in [2.75, 3.05) is 13.1 Å². The molecule has 1 aliphatic heterocycles. The van der Waals surface area contributed by atoms with Gasteiger partial charge in [-0.05, 0) is 18.3 Å². The van der Waals surface area contributed by atoms with Crippen LogP contribution < -0.4 is 5.73 Å². The van der Waals surface area contributed by atoms with E-state index in [1.165, 1.54) is 0 Å². The minimum atomic E-state index is 0.192. The maximum absolute atomic E-state index is 11.9. The van der Waals surface area contributed by atoms with E-state index < -0.39 is 0 Å². The lowest BCUT2D eigenvalue weighted by Gasteiger charge is -2.15. The molecule has 1 aliphatic carbocycles. The monoisotopic (exact) mass is 196 g/mol. The first-order valence-corrected chi connectivity index (χ1v) is 5.67. The number of rotatable bonds is 2. The van der Waals surface area contributed by atoms with Crippen LogP contribution >= 0.6 is 0 Å². The van der Waals surface area contributed by atoms with Crippen molar-refractivity contribution in [3.05, 3.63) is 0 Å². The molecule has 0 aromatic heterocycles. The minimum Gasteiger partial charge on any atom is -0.341 e. The highest BCUT2D eigenvalue weighted by atomic mass is 16.2. The fraction of sp³-hybridized carbons (Fsp3) is 0.909. The SMILES string of the molecule is CCC1CC1C(=O)N1CC(C)C(N)C1. The second kappa shape index (κ2) is 3.54. The van der Waals surface area contributed by atoms with E-state index in [0.717, 1.165) is 25.9 Å². The van der Waals surface area contributed by atoms with Crippen molar-refractivity contribution in [3.63, 3.8) is 0 Å². The van der Waals surface area contributed by atoms with Crippen molar-refractivity contribution in [3.8, 4) is 0 Å². The molecule has 80 valence electrons. The average molecular weight is 196 g/mol. The smallest absolute Gasteiger partial charge is 0.226 e. The van der Waals surface area contributed by atoms with E-state index in [0.29, 0.717) is 23.7 Å². The number of hydrogen-bond acceptors (Lipinski definition) is 2. The largest absolute Gasteiger partial charge is 0.341 e. The highest BCUT2D eigenvalue weighted by Gasteiger charge is 2.45. The Morgan fingerprint density at radius 1 is 1.50 bits per heavy atom. The molecule has 1 saturated heterocycles. The van der Waals surface area contributed by atoms with Gasteiger partial charge in [-0.2, -0.15) is 0 Å². The molecule has 2 aliphatic rings. The molecule has 0 bridgehead atoms. The summed E-state index contributed by atoms with van der Waals surface area (Å²) in [6.07, 6.45) is 2.25. The molecule has 0 radical (unpaired) electrons. The van der Waals surface area contributed by atoms with Crippen LogP contribution in [0.5, 0.6) is 0 Å². The summed E-state index contributed by atoms with van der Waals surface area (Å²) < 4.78 is 0. The molecule has 4 unspecified atom stereocenters. The topological polar surface area (TPSA) is 46.3 Å². The Bertz CT molecular complexity index is 231. The van der Waals surface area contributed by atoms with Gasteiger partial charge in [0, 0.05) is 25.0 Å². The highest BCUT2D eigenvalue weighted by molar-refractivity contribution is 5.82. The summed E-state index contributed by atoms with van der Waals surface area (Å²) in [5, 5.41) is 0. The summed E-state index contributed by atoms with van der Waals surface area (Å²) in [5.41, 5.74) is 5.90. The van der Waals surface area contributed by atoms with Crippen LogP contribution in [0.2, 0.25) is 0 Å². The molecular formula is C11H20N2O. The number of nitrogens with two attached hydrogens (primary N) is 1. The lowest BCUT2D eigenvalue weighted by Crippen LogP contribution is -2.33. The van der Waals surface area contributed by atoms with E-state index in [1.54, 1.807) is 0 Å². The Kier molecular flexibility index (Phi) is 2.52. The van der Waals surface area contributed by atoms with E-state index in [9.17, 15) is 4.79 Å². The first-order valence-electron chi connectivity index (χ1n) is 5.67. The molecule has 1 amide bonds. The van der Waals surface area contributed by atoms with Crippen LogP contribution in [-0.4, -0.2) is 29.9 Å². The summed E-state index contributed by atoms with van der Waals surface area (Å²) in [7, 11) is 0. The molecular weight excluding hydrogens is 176 g/mol. The van der Waals surface area contributed by atoms with Gasteiger partial charge in [-0.3, -0.25) is 4.79 Å². The Hall–Kier alpha value is -0.570. The molecule has 3 heteroatoms. The molecule has 0 aromatic carbocycles. The Morgan fingerprint density at radius 2 is 2.21 bits per heavy atom. The second-order valence-electron chi connectivity index (χ2n) is 4.89. The molecule has 14 heavy (non-hydrogen) atoms. The maximum atomic E-state index is 11.9. The first kappa shape index (κ1) is 9.97. The van der Waals surface area contributed by atoms with E-state index in [-0.39, 0.29) is 6.04 Å². The molecule has 2 N–H and O–H groups in total. The zero-order valence-corrected chi connectivity index (χ0v) is 9.07. The fourth-order valence-electron chi connectivity index (χ4n) is 2.41. The van der Waals surface area contributed by atoms with Crippen LogP contribution in [-0.2, 0) is 4.79 Å². The summed E-state index contributed by atoms with van der Waals surface area (Å²) in [6.45, 7) is 5.93. The van der Waals surface area contributed by atoms with E-state index in [2.05, 4.69) is 13.8 Å². The van der Waals surface area contributed by atoms with Crippen molar-refractivity contribution in [2.45, 2.75) is 32.7 Å². The van der Waals surface area contributed by atoms with Gasteiger partial charge in [-0.1, -0.05) is 20.3 Å². The van der Waals surface area contributed by atoms with Gasteiger partial charge in [0.25, 0.3) is 0 Å². The summed E-state index contributed by atoms with van der Waals surface area (Å²) in [6, 6.07) is 0.192. The summed E-state index contributed by atoms with van der Waals surface area (Å²) in [4.78, 5) is 13.9. The first-order chi connectivity index (χ1) is 6.63. The van der Waals surface area contributed by atoms with Gasteiger partial charge in [0.1, 0.15) is 0 Å². The lowest BCUT2D eigenvalue weighted by molar-refractivity contribution is -0.132. The third kappa shape index (κ3) is 1.65. The highest BCUT2D eigenvalue weighted by Crippen LogP contribution is 2.42. The fourth-order valence-corrected chi connectivity index (χ4v) is 2.41. The van der Waals surface area contributed by atoms with Crippen LogP contribution in [0.4, 0.5) is 0 Å². The van der Waals surface area contributed by atoms with Crippen LogP contribution in [0, 0.1) is 17.8 Å². The molecule has 1 heterocycles. The molecule has 3 nitrogen and oxygen atoms in total. The quantitative estimate of drug-likeness (QED) is 0.711. The Balaban J connectivity index is 1.88. The number of amides is 1. The number of hydrogen-bond donors (Lipinski definition) is 1. The lowest BCUT2D eigenvalue weighted by atomic mass is 10.1. The number of likely N-dealkylation sites (tertiary alicyclic amines) is 1. The Morgan fingerprint density at radius 3 is 2.64 bits per heavy atom. The minimum absolute atomic E-state index is 0.192. The summed E-state index contributed by atoms with van der Waals surface area (Å²) in [5.74, 6) is 1.82. The molecule has 0 aromatic rings. The van der Waals surface area contributed by atoms with Gasteiger partial charge in [0.15, 0.2) is 0 Å². The van der Waals surface area contributed by atoms with Crippen molar-refractivity contribution in [1.82, 2.24) is 4.90 Å². The van der Waals surface area contributed by atoms with Gasteiger partial charge < -0.3 is 10.6 Å². The zero-order chi connectivity index (χ0) is 10.3. The van der Waals surface area contributed by atoms with Gasteiger partial charge in [0.2, 0.25) is 5.91 Å². The third-order valence-electron chi connectivity index (χ3n) is 3.75. The predicted molar refractivity (Wildman–Crippen MR) is 55.6 cm³/mol. The van der Waals surface area contributed by atoms with Crippen molar-refractivity contribution >= 4 is 5.91 Å². The van der Waals surface area contributed by atoms with Gasteiger partial charge in [0.05, 0.1) is 0 Å². The van der Waals surface area contributed by atoms with Crippen molar-refractivity contribution in [1.29, 1.82) is 0 Å². The van der Waals surface area contributed by atoms with Crippen LogP contribution in [0.15, 0.2) is 0 Å². The summed E-state index contributed by atoms with van der Waals surface area (Å²) >= 11 is 0. The van der Waals surface area contributed by atoms with Gasteiger partial charge in [-0.15, -0.1) is 0 Å². The van der Waals surface area contributed by atoms with Gasteiger partial charge in [-0.25, -0.2) is 0 Å². The number of carbonyl (C=O) groups is 1. The van der Waals surface area contributed by atoms with Crippen molar-refractivity contribution < 1.29 is 4.79 Å². The predicted octanol–water partition coefficient (Wildman–Crippen LogP) is 0.838. The number of nitrogens with zero attached hydrogens (tertiary/aromatic N) is 1. The van der Waals surface area contributed by atoms with Crippen LogP contribution in [0.1, 0.15) is 26.7 Å². The van der Waals surface area contributed by atoms with Gasteiger partial charge >= 0.3 is 0 Å². The van der Waals surface area contributed by atoms with Crippen LogP contribution in [0.25, 0.3) is 0 Å². The molecule has 2 rings (SSSR count). The molecule has 0 spiro atoms. The normalized spacial score (nSPS) is 41.5. The second-order valence-corrected chi connectivity index (χ2v) is 4.89. The molecule has 2 fully saturated rings. The third-order valence-corrected chi connectivity index (χ3v) is 3.75. The maximum Gasteiger partial charge on any atom is 0.226 e. The van der Waals surface area contributed by atoms with E-state index in [1.807, 2.05) is 4.90 Å². The van der Waals surface area contributed by atoms with Crippen LogP contribution in [0.3, 0.4) is 0 Å². The standard InChI is InChI=1S/C11H20N2O/c1-3-8-4-9(8)11(14)13-5-7(2)10(12)6-13/h7-10H,3-6,12H2,1-2H3. The zero-order valence-electron chi connectivity index (χ0n) is 9.07.